The van der Waals surface area contributed by atoms with Gasteiger partial charge in [0.2, 0.25) is 0 Å². The highest BCUT2D eigenvalue weighted by Crippen LogP contribution is 2.44. The van der Waals surface area contributed by atoms with Gasteiger partial charge in [-0.3, -0.25) is 0 Å². The van der Waals surface area contributed by atoms with Crippen LogP contribution in [0.4, 0.5) is 0 Å². The maximum Gasteiger partial charge on any atom is 0.157 e. The molecule has 0 aromatic heterocycles. The third-order valence-corrected chi connectivity index (χ3v) is 4.60. The molecule has 0 aromatic carbocycles. The molecule has 2 N–H and O–H groups in total. The summed E-state index contributed by atoms with van der Waals surface area (Å²) in [5, 5.41) is 20.1. The molecule has 0 spiro atoms. The number of hydrogen-bond donors (Lipinski definition) is 2. The Labute approximate surface area is 121 Å². The lowest BCUT2D eigenvalue weighted by Crippen LogP contribution is -2.19. The second-order valence-corrected chi connectivity index (χ2v) is 6.07. The van der Waals surface area contributed by atoms with Gasteiger partial charge in [0.1, 0.15) is 0 Å². The fourth-order valence-corrected chi connectivity index (χ4v) is 3.42. The predicted molar refractivity (Wildman–Crippen MR) is 77.2 cm³/mol. The van der Waals surface area contributed by atoms with Crippen LogP contribution in [0.25, 0.3) is 0 Å². The summed E-state index contributed by atoms with van der Waals surface area (Å²) in [5.41, 5.74) is 0. The highest BCUT2D eigenvalue weighted by atomic mass is 16.7. The SMILES string of the molecule is CCCCC[C@@H](O)C=CC1C(O)C[C@@H]2O[C@H](OC)C[C@H]12. The van der Waals surface area contributed by atoms with Crippen molar-refractivity contribution < 1.29 is 19.7 Å². The number of fused-ring (bicyclic) bond motifs is 1. The van der Waals surface area contributed by atoms with Gasteiger partial charge < -0.3 is 19.7 Å². The average Bonchev–Trinajstić information content (AvgIpc) is 2.93. The number of hydrogen-bond acceptors (Lipinski definition) is 4. The van der Waals surface area contributed by atoms with Crippen LogP contribution in [-0.2, 0) is 9.47 Å². The maximum absolute atomic E-state index is 10.1. The van der Waals surface area contributed by atoms with Crippen LogP contribution in [0.5, 0.6) is 0 Å². The fraction of sp³-hybridized carbons (Fsp3) is 0.875. The van der Waals surface area contributed by atoms with Crippen LogP contribution >= 0.6 is 0 Å². The number of aliphatic hydroxyl groups is 2. The quantitative estimate of drug-likeness (QED) is 0.556. The van der Waals surface area contributed by atoms with E-state index in [1.807, 2.05) is 12.2 Å². The zero-order valence-electron chi connectivity index (χ0n) is 12.6. The smallest absolute Gasteiger partial charge is 0.157 e. The molecule has 2 unspecified atom stereocenters. The molecule has 2 aliphatic rings. The number of unbranched alkanes of at least 4 members (excludes halogenated alkanes) is 2. The molecule has 0 bridgehead atoms. The van der Waals surface area contributed by atoms with Crippen LogP contribution < -0.4 is 0 Å². The predicted octanol–water partition coefficient (Wildman–Crippen LogP) is 2.24. The first-order valence-corrected chi connectivity index (χ1v) is 7.88. The molecule has 1 aliphatic carbocycles. The Balaban J connectivity index is 1.84. The topological polar surface area (TPSA) is 58.9 Å². The molecule has 20 heavy (non-hydrogen) atoms. The zero-order valence-corrected chi connectivity index (χ0v) is 12.6. The molecular weight excluding hydrogens is 256 g/mol. The molecule has 1 saturated carbocycles. The third kappa shape index (κ3) is 3.82. The van der Waals surface area contributed by atoms with Crippen LogP contribution in [0, 0.1) is 11.8 Å². The van der Waals surface area contributed by atoms with E-state index in [1.54, 1.807) is 7.11 Å². The van der Waals surface area contributed by atoms with Crippen molar-refractivity contribution in [3.63, 3.8) is 0 Å². The largest absolute Gasteiger partial charge is 0.392 e. The average molecular weight is 284 g/mol. The van der Waals surface area contributed by atoms with E-state index in [0.717, 1.165) is 32.1 Å². The highest BCUT2D eigenvalue weighted by Gasteiger charge is 2.48. The summed E-state index contributed by atoms with van der Waals surface area (Å²) in [5.74, 6) is 0.398. The Morgan fingerprint density at radius 2 is 2.15 bits per heavy atom. The van der Waals surface area contributed by atoms with Crippen LogP contribution in [-0.4, -0.2) is 41.9 Å². The minimum atomic E-state index is -0.395. The molecule has 116 valence electrons. The lowest BCUT2D eigenvalue weighted by Gasteiger charge is -2.17. The first kappa shape index (κ1) is 16.0. The van der Waals surface area contributed by atoms with Gasteiger partial charge in [0.25, 0.3) is 0 Å². The van der Waals surface area contributed by atoms with E-state index in [9.17, 15) is 10.2 Å². The molecule has 4 nitrogen and oxygen atoms in total. The van der Waals surface area contributed by atoms with Crippen LogP contribution in [0.3, 0.4) is 0 Å². The molecule has 1 saturated heterocycles. The van der Waals surface area contributed by atoms with Crippen LogP contribution in [0.2, 0.25) is 0 Å². The molecular formula is C16H28O4. The first-order valence-electron chi connectivity index (χ1n) is 7.88. The van der Waals surface area contributed by atoms with Crippen molar-refractivity contribution in [1.82, 2.24) is 0 Å². The maximum atomic E-state index is 10.1. The fourth-order valence-electron chi connectivity index (χ4n) is 3.42. The summed E-state index contributed by atoms with van der Waals surface area (Å²) in [7, 11) is 1.66. The van der Waals surface area contributed by atoms with Crippen LogP contribution in [0.15, 0.2) is 12.2 Å². The molecule has 0 aromatic rings. The monoisotopic (exact) mass is 284 g/mol. The van der Waals surface area contributed by atoms with Gasteiger partial charge >= 0.3 is 0 Å². The number of ether oxygens (including phenoxy) is 2. The van der Waals surface area contributed by atoms with Gasteiger partial charge in [0, 0.05) is 25.9 Å². The van der Waals surface area contributed by atoms with Gasteiger partial charge in [-0.2, -0.15) is 0 Å². The molecule has 0 amide bonds. The standard InChI is InChI=1S/C16H28O4/c1-3-4-5-6-11(17)7-8-12-13-9-16(19-2)20-15(13)10-14(12)18/h7-8,11-18H,3-6,9-10H2,1-2H3/t11-,12?,13-,14?,15+,16+/m1/s1. The third-order valence-electron chi connectivity index (χ3n) is 4.60. The Morgan fingerprint density at radius 3 is 2.85 bits per heavy atom. The second-order valence-electron chi connectivity index (χ2n) is 6.07. The van der Waals surface area contributed by atoms with Crippen molar-refractivity contribution in [2.75, 3.05) is 7.11 Å². The molecule has 0 radical (unpaired) electrons. The Hall–Kier alpha value is -0.420. The van der Waals surface area contributed by atoms with Gasteiger partial charge in [-0.1, -0.05) is 38.3 Å². The summed E-state index contributed by atoms with van der Waals surface area (Å²) in [6, 6.07) is 0. The van der Waals surface area contributed by atoms with Crippen LogP contribution in [0.1, 0.15) is 45.4 Å². The molecule has 6 atom stereocenters. The van der Waals surface area contributed by atoms with E-state index < -0.39 is 6.10 Å². The van der Waals surface area contributed by atoms with Crippen molar-refractivity contribution in [2.45, 2.75) is 70.1 Å². The lowest BCUT2D eigenvalue weighted by atomic mass is 9.91. The molecule has 1 heterocycles. The van der Waals surface area contributed by atoms with E-state index in [0.29, 0.717) is 12.3 Å². The minimum absolute atomic E-state index is 0.0842. The van der Waals surface area contributed by atoms with Crippen molar-refractivity contribution >= 4 is 0 Å². The van der Waals surface area contributed by atoms with Crippen molar-refractivity contribution in [1.29, 1.82) is 0 Å². The summed E-state index contributed by atoms with van der Waals surface area (Å²) in [4.78, 5) is 0. The van der Waals surface area contributed by atoms with E-state index in [2.05, 4.69) is 6.92 Å². The van der Waals surface area contributed by atoms with Crippen molar-refractivity contribution in [2.24, 2.45) is 11.8 Å². The van der Waals surface area contributed by atoms with Gasteiger partial charge in [0.15, 0.2) is 6.29 Å². The summed E-state index contributed by atoms with van der Waals surface area (Å²) in [6.07, 6.45) is 8.74. The van der Waals surface area contributed by atoms with Gasteiger partial charge in [0.05, 0.1) is 18.3 Å². The second kappa shape index (κ2) is 7.55. The number of rotatable bonds is 7. The molecule has 1 aliphatic heterocycles. The van der Waals surface area contributed by atoms with Gasteiger partial charge in [-0.25, -0.2) is 0 Å². The Kier molecular flexibility index (Phi) is 6.02. The molecule has 2 fully saturated rings. The van der Waals surface area contributed by atoms with Gasteiger partial charge in [-0.15, -0.1) is 0 Å². The summed E-state index contributed by atoms with van der Waals surface area (Å²) in [6.45, 7) is 2.16. The van der Waals surface area contributed by atoms with E-state index in [1.165, 1.54) is 0 Å². The van der Waals surface area contributed by atoms with Crippen molar-refractivity contribution in [3.05, 3.63) is 12.2 Å². The normalized spacial score (nSPS) is 38.5. The zero-order chi connectivity index (χ0) is 14.5. The van der Waals surface area contributed by atoms with Crippen molar-refractivity contribution in [3.8, 4) is 0 Å². The minimum Gasteiger partial charge on any atom is -0.392 e. The van der Waals surface area contributed by atoms with E-state index >= 15 is 0 Å². The van der Waals surface area contributed by atoms with E-state index in [4.69, 9.17) is 9.47 Å². The Bertz CT molecular complexity index is 318. The summed E-state index contributed by atoms with van der Waals surface area (Å²) >= 11 is 0. The van der Waals surface area contributed by atoms with E-state index in [-0.39, 0.29) is 24.4 Å². The highest BCUT2D eigenvalue weighted by molar-refractivity contribution is 5.06. The van der Waals surface area contributed by atoms with Gasteiger partial charge in [-0.05, 0) is 12.3 Å². The Morgan fingerprint density at radius 1 is 1.35 bits per heavy atom. The first-order chi connectivity index (χ1) is 9.65. The summed E-state index contributed by atoms with van der Waals surface area (Å²) < 4.78 is 11.0. The number of aliphatic hydroxyl groups excluding tert-OH is 2. The molecule has 2 rings (SSSR count). The molecule has 4 heteroatoms. The lowest BCUT2D eigenvalue weighted by molar-refractivity contribution is -0.118. The number of methoxy groups -OCH3 is 1.